The molecule has 2 amide bonds. The van der Waals surface area contributed by atoms with Gasteiger partial charge in [0.05, 0.1) is 18.2 Å². The Morgan fingerprint density at radius 1 is 1.28 bits per heavy atom. The molecule has 2 heterocycles. The number of carbonyl (C=O) groups is 2. The molecule has 0 radical (unpaired) electrons. The van der Waals surface area contributed by atoms with Crippen LogP contribution >= 0.6 is 0 Å². The molecule has 1 saturated heterocycles. The van der Waals surface area contributed by atoms with Crippen molar-refractivity contribution in [3.63, 3.8) is 0 Å². The second-order valence-electron chi connectivity index (χ2n) is 6.60. The zero-order chi connectivity index (χ0) is 18.0. The quantitative estimate of drug-likeness (QED) is 0.925. The van der Waals surface area contributed by atoms with Crippen LogP contribution in [0.1, 0.15) is 35.7 Å². The summed E-state index contributed by atoms with van der Waals surface area (Å²) in [6, 6.07) is 9.55. The zero-order valence-electron chi connectivity index (χ0n) is 14.9. The van der Waals surface area contributed by atoms with E-state index in [0.717, 1.165) is 16.8 Å². The molecule has 2 atom stereocenters. The summed E-state index contributed by atoms with van der Waals surface area (Å²) in [7, 11) is 3.67. The van der Waals surface area contributed by atoms with Crippen LogP contribution < -0.4 is 5.32 Å². The molecule has 0 unspecified atom stereocenters. The Morgan fingerprint density at radius 2 is 2.00 bits per heavy atom. The molecular formula is C19H24N4O2. The number of likely N-dealkylation sites (tertiary alicyclic amines) is 1. The van der Waals surface area contributed by atoms with Gasteiger partial charge in [-0.15, -0.1) is 0 Å². The van der Waals surface area contributed by atoms with Crippen molar-refractivity contribution >= 4 is 11.8 Å². The molecule has 3 rings (SSSR count). The second-order valence-corrected chi connectivity index (χ2v) is 6.60. The number of piperidine rings is 1. The fraction of sp³-hybridized carbons (Fsp3) is 0.421. The molecule has 25 heavy (non-hydrogen) atoms. The topological polar surface area (TPSA) is 67.2 Å². The molecule has 2 aromatic rings. The van der Waals surface area contributed by atoms with Gasteiger partial charge in [-0.05, 0) is 18.9 Å². The van der Waals surface area contributed by atoms with Gasteiger partial charge < -0.3 is 10.2 Å². The van der Waals surface area contributed by atoms with E-state index in [4.69, 9.17) is 0 Å². The van der Waals surface area contributed by atoms with Crippen LogP contribution in [0.15, 0.2) is 36.5 Å². The maximum atomic E-state index is 12.8. The standard InChI is InChI=1S/C19H24N4O2/c1-13-15(12-21-23(13)3)11-20-19(25)16-9-10-17(24)22(2)18(16)14-7-5-4-6-8-14/h4-8,12,16,18H,9-11H2,1-3H3,(H,20,25)/t16-,18+/m0/s1. The van der Waals surface area contributed by atoms with Gasteiger partial charge in [-0.2, -0.15) is 5.10 Å². The van der Waals surface area contributed by atoms with E-state index in [-0.39, 0.29) is 23.8 Å². The lowest BCUT2D eigenvalue weighted by Gasteiger charge is -2.38. The van der Waals surface area contributed by atoms with Gasteiger partial charge >= 0.3 is 0 Å². The van der Waals surface area contributed by atoms with Crippen molar-refractivity contribution in [3.05, 3.63) is 53.3 Å². The van der Waals surface area contributed by atoms with Crippen LogP contribution in [0.5, 0.6) is 0 Å². The predicted octanol–water partition coefficient (Wildman–Crippen LogP) is 1.95. The van der Waals surface area contributed by atoms with E-state index in [9.17, 15) is 9.59 Å². The molecular weight excluding hydrogens is 316 g/mol. The van der Waals surface area contributed by atoms with Crippen LogP contribution in [0.25, 0.3) is 0 Å². The number of hydrogen-bond acceptors (Lipinski definition) is 3. The number of nitrogens with zero attached hydrogens (tertiary/aromatic N) is 3. The average molecular weight is 340 g/mol. The molecule has 1 fully saturated rings. The highest BCUT2D eigenvalue weighted by Crippen LogP contribution is 2.35. The van der Waals surface area contributed by atoms with Crippen molar-refractivity contribution in [3.8, 4) is 0 Å². The molecule has 6 nitrogen and oxygen atoms in total. The minimum absolute atomic E-state index is 0.0172. The fourth-order valence-electron chi connectivity index (χ4n) is 3.45. The second kappa shape index (κ2) is 7.09. The number of carbonyl (C=O) groups excluding carboxylic acids is 2. The number of aromatic nitrogens is 2. The summed E-state index contributed by atoms with van der Waals surface area (Å²) < 4.78 is 1.79. The molecule has 0 bridgehead atoms. The number of rotatable bonds is 4. The fourth-order valence-corrected chi connectivity index (χ4v) is 3.45. The summed E-state index contributed by atoms with van der Waals surface area (Å²) in [5.41, 5.74) is 3.04. The Morgan fingerprint density at radius 3 is 2.64 bits per heavy atom. The number of nitrogens with one attached hydrogen (secondary N) is 1. The molecule has 0 spiro atoms. The molecule has 1 N–H and O–H groups in total. The summed E-state index contributed by atoms with van der Waals surface area (Å²) in [4.78, 5) is 26.7. The van der Waals surface area contributed by atoms with Gasteiger partial charge in [-0.1, -0.05) is 30.3 Å². The van der Waals surface area contributed by atoms with Gasteiger partial charge in [0.15, 0.2) is 0 Å². The van der Waals surface area contributed by atoms with E-state index in [1.54, 1.807) is 22.8 Å². The van der Waals surface area contributed by atoms with E-state index >= 15 is 0 Å². The van der Waals surface area contributed by atoms with Crippen molar-refractivity contribution < 1.29 is 9.59 Å². The minimum Gasteiger partial charge on any atom is -0.352 e. The van der Waals surface area contributed by atoms with Gasteiger partial charge in [0, 0.05) is 38.3 Å². The van der Waals surface area contributed by atoms with Crippen LogP contribution in [-0.2, 0) is 23.2 Å². The lowest BCUT2D eigenvalue weighted by atomic mass is 9.84. The zero-order valence-corrected chi connectivity index (χ0v) is 14.9. The molecule has 1 aromatic heterocycles. The van der Waals surface area contributed by atoms with Gasteiger partial charge in [0.1, 0.15) is 0 Å². The third-order valence-corrected chi connectivity index (χ3v) is 5.13. The first-order chi connectivity index (χ1) is 12.0. The van der Waals surface area contributed by atoms with Crippen LogP contribution in [0, 0.1) is 12.8 Å². The average Bonchev–Trinajstić information content (AvgIpc) is 2.94. The molecule has 132 valence electrons. The molecule has 0 aliphatic carbocycles. The van der Waals surface area contributed by atoms with Crippen LogP contribution in [0.2, 0.25) is 0 Å². The Bertz CT molecular complexity index is 769. The lowest BCUT2D eigenvalue weighted by Crippen LogP contribution is -2.46. The Kier molecular flexibility index (Phi) is 4.88. The first-order valence-corrected chi connectivity index (χ1v) is 8.55. The summed E-state index contributed by atoms with van der Waals surface area (Å²) in [5, 5.41) is 7.23. The lowest BCUT2D eigenvalue weighted by molar-refractivity contribution is -0.141. The van der Waals surface area contributed by atoms with Gasteiger partial charge in [0.2, 0.25) is 11.8 Å². The van der Waals surface area contributed by atoms with Crippen molar-refractivity contribution in [1.82, 2.24) is 20.0 Å². The Labute approximate surface area is 147 Å². The SMILES string of the molecule is Cc1c(CNC(=O)[C@H]2CCC(=O)N(C)[C@@H]2c2ccccc2)cnn1C. The minimum atomic E-state index is -0.248. The van der Waals surface area contributed by atoms with Crippen molar-refractivity contribution in [2.24, 2.45) is 13.0 Å². The number of hydrogen-bond donors (Lipinski definition) is 1. The number of aryl methyl sites for hydroxylation is 1. The number of benzene rings is 1. The van der Waals surface area contributed by atoms with Crippen molar-refractivity contribution in [1.29, 1.82) is 0 Å². The Balaban J connectivity index is 1.77. The smallest absolute Gasteiger partial charge is 0.225 e. The summed E-state index contributed by atoms with van der Waals surface area (Å²) >= 11 is 0. The molecule has 1 aromatic carbocycles. The van der Waals surface area contributed by atoms with E-state index < -0.39 is 0 Å². The summed E-state index contributed by atoms with van der Waals surface area (Å²) in [6.07, 6.45) is 2.76. The summed E-state index contributed by atoms with van der Waals surface area (Å²) in [6.45, 7) is 2.43. The van der Waals surface area contributed by atoms with Crippen molar-refractivity contribution in [2.45, 2.75) is 32.4 Å². The maximum absolute atomic E-state index is 12.8. The first-order valence-electron chi connectivity index (χ1n) is 8.55. The highest BCUT2D eigenvalue weighted by atomic mass is 16.2. The van der Waals surface area contributed by atoms with E-state index in [1.165, 1.54) is 0 Å². The van der Waals surface area contributed by atoms with E-state index in [2.05, 4.69) is 10.4 Å². The maximum Gasteiger partial charge on any atom is 0.225 e. The van der Waals surface area contributed by atoms with E-state index in [1.807, 2.05) is 44.3 Å². The highest BCUT2D eigenvalue weighted by Gasteiger charge is 2.38. The predicted molar refractivity (Wildman–Crippen MR) is 94.5 cm³/mol. The third-order valence-electron chi connectivity index (χ3n) is 5.13. The highest BCUT2D eigenvalue weighted by molar-refractivity contribution is 5.84. The Hall–Kier alpha value is -2.63. The molecule has 1 aliphatic rings. The van der Waals surface area contributed by atoms with Gasteiger partial charge in [-0.25, -0.2) is 0 Å². The van der Waals surface area contributed by atoms with Crippen LogP contribution in [0.3, 0.4) is 0 Å². The van der Waals surface area contributed by atoms with Crippen LogP contribution in [0.4, 0.5) is 0 Å². The van der Waals surface area contributed by atoms with Gasteiger partial charge in [0.25, 0.3) is 0 Å². The summed E-state index contributed by atoms with van der Waals surface area (Å²) in [5.74, 6) is -0.181. The normalized spacial score (nSPS) is 20.6. The van der Waals surface area contributed by atoms with Crippen molar-refractivity contribution in [2.75, 3.05) is 7.05 Å². The third kappa shape index (κ3) is 3.43. The first kappa shape index (κ1) is 17.2. The monoisotopic (exact) mass is 340 g/mol. The van der Waals surface area contributed by atoms with Gasteiger partial charge in [-0.3, -0.25) is 14.3 Å². The molecule has 1 aliphatic heterocycles. The van der Waals surface area contributed by atoms with Crippen LogP contribution in [-0.4, -0.2) is 33.5 Å². The molecule has 6 heteroatoms. The number of amides is 2. The van der Waals surface area contributed by atoms with E-state index in [0.29, 0.717) is 19.4 Å². The largest absolute Gasteiger partial charge is 0.352 e. The molecule has 0 saturated carbocycles.